The third kappa shape index (κ3) is 6.56. The Morgan fingerprint density at radius 2 is 1.73 bits per heavy atom. The molecular weight excluding hydrogens is 421 g/mol. The number of benzene rings is 2. The molecule has 2 aromatic rings. The van der Waals surface area contributed by atoms with Crippen LogP contribution in [0, 0.1) is 5.92 Å². The zero-order chi connectivity index (χ0) is 21.5. The van der Waals surface area contributed by atoms with Gasteiger partial charge in [0.1, 0.15) is 12.4 Å². The molecule has 0 radical (unpaired) electrons. The van der Waals surface area contributed by atoms with E-state index in [1.54, 1.807) is 24.3 Å². The fourth-order valence-electron chi connectivity index (χ4n) is 3.73. The minimum Gasteiger partial charge on any atom is -0.486 e. The van der Waals surface area contributed by atoms with Gasteiger partial charge in [0.15, 0.2) is 11.6 Å². The van der Waals surface area contributed by atoms with Crippen LogP contribution in [0.3, 0.4) is 0 Å². The maximum absolute atomic E-state index is 12.3. The van der Waals surface area contributed by atoms with E-state index in [-0.39, 0.29) is 18.2 Å². The molecule has 1 saturated heterocycles. The van der Waals surface area contributed by atoms with Crippen molar-refractivity contribution in [3.63, 3.8) is 0 Å². The second-order valence-electron chi connectivity index (χ2n) is 7.80. The Morgan fingerprint density at radius 3 is 2.37 bits per heavy atom. The predicted molar refractivity (Wildman–Crippen MR) is 121 cm³/mol. The monoisotopic (exact) mass is 447 g/mol. The van der Waals surface area contributed by atoms with Crippen molar-refractivity contribution in [3.8, 4) is 5.75 Å². The van der Waals surface area contributed by atoms with Crippen LogP contribution in [0.2, 0.25) is 10.0 Å². The molecule has 0 aromatic heterocycles. The number of hydrogen-bond donors (Lipinski definition) is 0. The molecule has 30 heavy (non-hydrogen) atoms. The van der Waals surface area contributed by atoms with Gasteiger partial charge in [0.2, 0.25) is 0 Å². The molecule has 1 fully saturated rings. The summed E-state index contributed by atoms with van der Waals surface area (Å²) in [5.41, 5.74) is 1.82. The number of ketones is 2. The van der Waals surface area contributed by atoms with Crippen LogP contribution in [-0.4, -0.2) is 36.2 Å². The van der Waals surface area contributed by atoms with Gasteiger partial charge in [-0.15, -0.1) is 0 Å². The van der Waals surface area contributed by atoms with Crippen molar-refractivity contribution in [1.29, 1.82) is 0 Å². The van der Waals surface area contributed by atoms with Crippen molar-refractivity contribution in [3.05, 3.63) is 63.6 Å². The third-order valence-electron chi connectivity index (χ3n) is 5.51. The molecule has 0 bridgehead atoms. The average molecular weight is 448 g/mol. The molecule has 4 nitrogen and oxygen atoms in total. The highest BCUT2D eigenvalue weighted by Crippen LogP contribution is 2.26. The minimum absolute atomic E-state index is 0.0740. The lowest BCUT2D eigenvalue weighted by atomic mass is 9.91. The molecular formula is C24H27Cl2NO3. The van der Waals surface area contributed by atoms with E-state index >= 15 is 0 Å². The first-order valence-corrected chi connectivity index (χ1v) is 11.1. The lowest BCUT2D eigenvalue weighted by Crippen LogP contribution is -2.34. The van der Waals surface area contributed by atoms with Gasteiger partial charge in [-0.2, -0.15) is 0 Å². The van der Waals surface area contributed by atoms with E-state index in [0.717, 1.165) is 38.0 Å². The van der Waals surface area contributed by atoms with E-state index in [2.05, 4.69) is 4.90 Å². The number of carbonyl (C=O) groups excluding carboxylic acids is 2. The second-order valence-corrected chi connectivity index (χ2v) is 8.61. The number of nitrogens with zero attached hydrogens (tertiary/aromatic N) is 1. The van der Waals surface area contributed by atoms with Crippen LogP contribution in [0.1, 0.15) is 48.5 Å². The molecule has 160 valence electrons. The molecule has 1 aliphatic heterocycles. The predicted octanol–water partition coefficient (Wildman–Crippen LogP) is 5.84. The molecule has 0 amide bonds. The summed E-state index contributed by atoms with van der Waals surface area (Å²) in [7, 11) is 0. The number of ether oxygens (including phenoxy) is 1. The highest BCUT2D eigenvalue weighted by Gasteiger charge is 2.22. The van der Waals surface area contributed by atoms with Gasteiger partial charge in [-0.1, -0.05) is 36.2 Å². The second kappa shape index (κ2) is 10.9. The highest BCUT2D eigenvalue weighted by molar-refractivity contribution is 6.42. The first-order valence-electron chi connectivity index (χ1n) is 10.4. The minimum atomic E-state index is 0.0740. The van der Waals surface area contributed by atoms with E-state index in [1.165, 1.54) is 0 Å². The summed E-state index contributed by atoms with van der Waals surface area (Å²) in [6.07, 6.45) is 3.03. The molecule has 3 rings (SSSR count). The van der Waals surface area contributed by atoms with E-state index in [9.17, 15) is 9.59 Å². The molecule has 0 unspecified atom stereocenters. The number of carbonyl (C=O) groups is 2. The van der Waals surface area contributed by atoms with Gasteiger partial charge in [-0.05, 0) is 73.8 Å². The van der Waals surface area contributed by atoms with Gasteiger partial charge in [0.25, 0.3) is 0 Å². The van der Waals surface area contributed by atoms with Crippen LogP contribution in [0.25, 0.3) is 0 Å². The molecule has 0 saturated carbocycles. The summed E-state index contributed by atoms with van der Waals surface area (Å²) in [6, 6.07) is 12.7. The first kappa shape index (κ1) is 22.8. The standard InChI is InChI=1S/C24H27Cl2NO3/c1-2-24(29)19-4-6-21(7-5-19)30-16-20(28)13-17-9-11-27(12-10-17)15-18-3-8-22(25)23(26)14-18/h3-8,14,17H,2,9-13,15-16H2,1H3. The van der Waals surface area contributed by atoms with Crippen molar-refractivity contribution >= 4 is 34.8 Å². The highest BCUT2D eigenvalue weighted by atomic mass is 35.5. The molecule has 0 N–H and O–H groups in total. The van der Waals surface area contributed by atoms with Crippen LogP contribution in [0.15, 0.2) is 42.5 Å². The fraction of sp³-hybridized carbons (Fsp3) is 0.417. The van der Waals surface area contributed by atoms with Gasteiger partial charge in [-0.25, -0.2) is 0 Å². The van der Waals surface area contributed by atoms with Crippen LogP contribution >= 0.6 is 23.2 Å². The third-order valence-corrected chi connectivity index (χ3v) is 6.25. The maximum atomic E-state index is 12.3. The summed E-state index contributed by atoms with van der Waals surface area (Å²) in [4.78, 5) is 26.4. The Morgan fingerprint density at radius 1 is 1.03 bits per heavy atom. The summed E-state index contributed by atoms with van der Waals surface area (Å²) >= 11 is 12.1. The number of piperidine rings is 1. The number of hydrogen-bond acceptors (Lipinski definition) is 4. The van der Waals surface area contributed by atoms with Crippen LogP contribution < -0.4 is 4.74 Å². The average Bonchev–Trinajstić information content (AvgIpc) is 2.76. The Hall–Kier alpha value is -1.88. The van der Waals surface area contributed by atoms with Crippen molar-refractivity contribution in [2.24, 2.45) is 5.92 Å². The van der Waals surface area contributed by atoms with Crippen LogP contribution in [0.5, 0.6) is 5.75 Å². The summed E-state index contributed by atoms with van der Waals surface area (Å²) in [5.74, 6) is 1.23. The van der Waals surface area contributed by atoms with Crippen molar-refractivity contribution in [2.45, 2.75) is 39.2 Å². The van der Waals surface area contributed by atoms with E-state index < -0.39 is 0 Å². The Bertz CT molecular complexity index is 875. The van der Waals surface area contributed by atoms with Gasteiger partial charge in [0.05, 0.1) is 10.0 Å². The SMILES string of the molecule is CCC(=O)c1ccc(OCC(=O)CC2CCN(Cc3ccc(Cl)c(Cl)c3)CC2)cc1. The maximum Gasteiger partial charge on any atom is 0.170 e. The Balaban J connectivity index is 1.38. The lowest BCUT2D eigenvalue weighted by molar-refractivity contribution is -0.122. The molecule has 0 atom stereocenters. The number of halogens is 2. The lowest BCUT2D eigenvalue weighted by Gasteiger charge is -2.31. The molecule has 0 aliphatic carbocycles. The molecule has 2 aromatic carbocycles. The van der Waals surface area contributed by atoms with Crippen molar-refractivity contribution in [1.82, 2.24) is 4.90 Å². The van der Waals surface area contributed by atoms with Crippen LogP contribution in [0.4, 0.5) is 0 Å². The largest absolute Gasteiger partial charge is 0.486 e. The zero-order valence-electron chi connectivity index (χ0n) is 17.2. The van der Waals surface area contributed by atoms with Crippen LogP contribution in [-0.2, 0) is 11.3 Å². The smallest absolute Gasteiger partial charge is 0.170 e. The molecule has 6 heteroatoms. The number of rotatable bonds is 9. The number of Topliss-reactive ketones (excluding diaryl/α,β-unsaturated/α-hetero) is 2. The Labute approximate surface area is 188 Å². The van der Waals surface area contributed by atoms with Gasteiger partial charge >= 0.3 is 0 Å². The molecule has 0 spiro atoms. The van der Waals surface area contributed by atoms with E-state index in [4.69, 9.17) is 27.9 Å². The summed E-state index contributed by atoms with van der Waals surface area (Å²) in [5, 5.41) is 1.16. The van der Waals surface area contributed by atoms with Gasteiger partial charge < -0.3 is 4.74 Å². The van der Waals surface area contributed by atoms with Crippen molar-refractivity contribution in [2.75, 3.05) is 19.7 Å². The number of likely N-dealkylation sites (tertiary alicyclic amines) is 1. The van der Waals surface area contributed by atoms with Gasteiger partial charge in [-0.3, -0.25) is 14.5 Å². The van der Waals surface area contributed by atoms with Gasteiger partial charge in [0, 0.05) is 24.9 Å². The summed E-state index contributed by atoms with van der Waals surface area (Å²) < 4.78 is 5.60. The van der Waals surface area contributed by atoms with Crippen molar-refractivity contribution < 1.29 is 14.3 Å². The normalized spacial score (nSPS) is 15.2. The molecule has 1 heterocycles. The quantitative estimate of drug-likeness (QED) is 0.453. The first-order chi connectivity index (χ1) is 14.4. The van der Waals surface area contributed by atoms with E-state index in [1.807, 2.05) is 25.1 Å². The molecule has 1 aliphatic rings. The Kier molecular flexibility index (Phi) is 8.32. The topological polar surface area (TPSA) is 46.6 Å². The van der Waals surface area contributed by atoms with E-state index in [0.29, 0.717) is 40.1 Å². The fourth-order valence-corrected chi connectivity index (χ4v) is 4.05. The zero-order valence-corrected chi connectivity index (χ0v) is 18.7. The summed E-state index contributed by atoms with van der Waals surface area (Å²) in [6.45, 7) is 4.68.